The SMILES string of the molecule is CO/C=C/C#CC(=O)CCCCO. The van der Waals surface area contributed by atoms with Crippen molar-refractivity contribution in [2.75, 3.05) is 13.7 Å². The molecule has 0 aliphatic rings. The number of Topliss-reactive ketones (excluding diaryl/α,β-unsaturated/α-hetero) is 1. The highest BCUT2D eigenvalue weighted by atomic mass is 16.5. The normalized spacial score (nSPS) is 9.38. The van der Waals surface area contributed by atoms with Crippen molar-refractivity contribution in [2.45, 2.75) is 19.3 Å². The molecule has 0 radical (unpaired) electrons. The van der Waals surface area contributed by atoms with Crippen molar-refractivity contribution in [3.8, 4) is 11.8 Å². The molecule has 3 nitrogen and oxygen atoms in total. The van der Waals surface area contributed by atoms with E-state index >= 15 is 0 Å². The number of aliphatic hydroxyl groups excluding tert-OH is 1. The van der Waals surface area contributed by atoms with Gasteiger partial charge in [-0.1, -0.05) is 5.92 Å². The second-order valence-electron chi connectivity index (χ2n) is 2.41. The highest BCUT2D eigenvalue weighted by Crippen LogP contribution is 1.94. The molecule has 0 unspecified atom stereocenters. The van der Waals surface area contributed by atoms with Crippen LogP contribution in [-0.2, 0) is 9.53 Å². The number of carbonyl (C=O) groups excluding carboxylic acids is 1. The van der Waals surface area contributed by atoms with Crippen molar-refractivity contribution in [1.29, 1.82) is 0 Å². The van der Waals surface area contributed by atoms with Crippen LogP contribution in [0.1, 0.15) is 19.3 Å². The summed E-state index contributed by atoms with van der Waals surface area (Å²) in [5, 5.41) is 8.45. The zero-order valence-corrected chi connectivity index (χ0v) is 7.75. The molecule has 0 atom stereocenters. The Balaban J connectivity index is 3.58. The predicted molar refractivity (Wildman–Crippen MR) is 49.9 cm³/mol. The van der Waals surface area contributed by atoms with Gasteiger partial charge in [-0.2, -0.15) is 0 Å². The molecule has 0 aromatic rings. The molecule has 0 aliphatic heterocycles. The fourth-order valence-electron chi connectivity index (χ4n) is 0.684. The molecule has 0 saturated heterocycles. The molecule has 0 fully saturated rings. The first-order valence-electron chi connectivity index (χ1n) is 4.14. The summed E-state index contributed by atoms with van der Waals surface area (Å²) < 4.78 is 4.59. The molecule has 13 heavy (non-hydrogen) atoms. The third-order valence-corrected chi connectivity index (χ3v) is 1.31. The van der Waals surface area contributed by atoms with Crippen LogP contribution in [0.3, 0.4) is 0 Å². The zero-order chi connectivity index (χ0) is 9.94. The van der Waals surface area contributed by atoms with Gasteiger partial charge >= 0.3 is 0 Å². The number of ether oxygens (including phenoxy) is 1. The van der Waals surface area contributed by atoms with Gasteiger partial charge in [-0.05, 0) is 18.8 Å². The quantitative estimate of drug-likeness (QED) is 0.297. The van der Waals surface area contributed by atoms with Crippen molar-refractivity contribution < 1.29 is 14.6 Å². The van der Waals surface area contributed by atoms with Gasteiger partial charge in [0.25, 0.3) is 0 Å². The number of unbranched alkanes of at least 4 members (excludes halogenated alkanes) is 1. The molecule has 0 rings (SSSR count). The molecule has 1 N–H and O–H groups in total. The summed E-state index contributed by atoms with van der Waals surface area (Å²) in [5.41, 5.74) is 0. The highest BCUT2D eigenvalue weighted by Gasteiger charge is 1.94. The van der Waals surface area contributed by atoms with Crippen LogP contribution in [0.25, 0.3) is 0 Å². The van der Waals surface area contributed by atoms with Gasteiger partial charge in [-0.25, -0.2) is 0 Å². The van der Waals surface area contributed by atoms with Crippen LogP contribution >= 0.6 is 0 Å². The van der Waals surface area contributed by atoms with E-state index < -0.39 is 0 Å². The predicted octanol–water partition coefficient (Wildman–Crippen LogP) is 0.882. The molecular formula is C10H14O3. The Bertz CT molecular complexity index is 220. The van der Waals surface area contributed by atoms with Crippen molar-refractivity contribution in [1.82, 2.24) is 0 Å². The van der Waals surface area contributed by atoms with Gasteiger partial charge in [-0.3, -0.25) is 4.79 Å². The van der Waals surface area contributed by atoms with Gasteiger partial charge in [0.05, 0.1) is 13.4 Å². The summed E-state index contributed by atoms with van der Waals surface area (Å²) in [6.45, 7) is 0.129. The molecule has 72 valence electrons. The van der Waals surface area contributed by atoms with E-state index in [4.69, 9.17) is 5.11 Å². The van der Waals surface area contributed by atoms with Crippen LogP contribution in [0.2, 0.25) is 0 Å². The van der Waals surface area contributed by atoms with E-state index in [0.717, 1.165) is 0 Å². The van der Waals surface area contributed by atoms with Crippen molar-refractivity contribution in [3.63, 3.8) is 0 Å². The number of aliphatic hydroxyl groups is 1. The summed E-state index contributed by atoms with van der Waals surface area (Å²) in [7, 11) is 1.52. The molecule has 0 amide bonds. The summed E-state index contributed by atoms with van der Waals surface area (Å²) in [4.78, 5) is 11.0. The van der Waals surface area contributed by atoms with E-state index in [-0.39, 0.29) is 12.4 Å². The summed E-state index contributed by atoms with van der Waals surface area (Å²) in [6, 6.07) is 0. The van der Waals surface area contributed by atoms with Gasteiger partial charge in [-0.15, -0.1) is 0 Å². The lowest BCUT2D eigenvalue weighted by atomic mass is 10.2. The van der Waals surface area contributed by atoms with Crippen LogP contribution in [0.5, 0.6) is 0 Å². The van der Waals surface area contributed by atoms with Crippen molar-refractivity contribution >= 4 is 5.78 Å². The third-order valence-electron chi connectivity index (χ3n) is 1.31. The minimum Gasteiger partial charge on any atom is -0.504 e. The highest BCUT2D eigenvalue weighted by molar-refractivity contribution is 5.95. The van der Waals surface area contributed by atoms with Crippen LogP contribution < -0.4 is 0 Å². The minimum absolute atomic E-state index is 0.103. The minimum atomic E-state index is -0.103. The maximum Gasteiger partial charge on any atom is 0.205 e. The largest absolute Gasteiger partial charge is 0.504 e. The van der Waals surface area contributed by atoms with E-state index in [1.54, 1.807) is 0 Å². The number of hydrogen-bond donors (Lipinski definition) is 1. The Kier molecular flexibility index (Phi) is 7.96. The maximum atomic E-state index is 11.0. The summed E-state index contributed by atoms with van der Waals surface area (Å²) in [6.07, 6.45) is 4.64. The van der Waals surface area contributed by atoms with E-state index in [0.29, 0.717) is 19.3 Å². The van der Waals surface area contributed by atoms with Crippen LogP contribution in [0, 0.1) is 11.8 Å². The molecule has 0 heterocycles. The average molecular weight is 182 g/mol. The number of ketones is 1. The molecular weight excluding hydrogens is 168 g/mol. The van der Waals surface area contributed by atoms with Crippen LogP contribution in [-0.4, -0.2) is 24.6 Å². The second kappa shape index (κ2) is 8.82. The first kappa shape index (κ1) is 11.7. The number of rotatable bonds is 5. The molecule has 0 bridgehead atoms. The molecule has 0 saturated carbocycles. The van der Waals surface area contributed by atoms with Gasteiger partial charge in [0.1, 0.15) is 0 Å². The number of methoxy groups -OCH3 is 1. The second-order valence-corrected chi connectivity index (χ2v) is 2.41. The van der Waals surface area contributed by atoms with Gasteiger partial charge in [0.2, 0.25) is 5.78 Å². The summed E-state index contributed by atoms with van der Waals surface area (Å²) in [5.74, 6) is 4.88. The number of hydrogen-bond acceptors (Lipinski definition) is 3. The average Bonchev–Trinajstić information content (AvgIpc) is 2.13. The fourth-order valence-corrected chi connectivity index (χ4v) is 0.684. The van der Waals surface area contributed by atoms with E-state index in [1.807, 2.05) is 0 Å². The molecule has 0 spiro atoms. The first-order chi connectivity index (χ1) is 6.31. The van der Waals surface area contributed by atoms with Crippen molar-refractivity contribution in [3.05, 3.63) is 12.3 Å². The summed E-state index contributed by atoms with van der Waals surface area (Å²) >= 11 is 0. The Morgan fingerprint density at radius 3 is 2.92 bits per heavy atom. The Morgan fingerprint density at radius 1 is 1.54 bits per heavy atom. The van der Waals surface area contributed by atoms with Crippen LogP contribution in [0.15, 0.2) is 12.3 Å². The molecule has 0 aliphatic carbocycles. The lowest BCUT2D eigenvalue weighted by molar-refractivity contribution is -0.113. The zero-order valence-electron chi connectivity index (χ0n) is 7.75. The lowest BCUT2D eigenvalue weighted by Crippen LogP contribution is -1.93. The lowest BCUT2D eigenvalue weighted by Gasteiger charge is -1.90. The van der Waals surface area contributed by atoms with Gasteiger partial charge in [0.15, 0.2) is 0 Å². The number of allylic oxidation sites excluding steroid dienone is 1. The molecule has 0 aromatic carbocycles. The van der Waals surface area contributed by atoms with E-state index in [2.05, 4.69) is 16.6 Å². The smallest absolute Gasteiger partial charge is 0.205 e. The van der Waals surface area contributed by atoms with Crippen LogP contribution in [0.4, 0.5) is 0 Å². The number of carbonyl (C=O) groups is 1. The van der Waals surface area contributed by atoms with E-state index in [9.17, 15) is 4.79 Å². The fraction of sp³-hybridized carbons (Fsp3) is 0.500. The van der Waals surface area contributed by atoms with Gasteiger partial charge in [0, 0.05) is 19.1 Å². The maximum absolute atomic E-state index is 11.0. The van der Waals surface area contributed by atoms with E-state index in [1.165, 1.54) is 19.4 Å². The van der Waals surface area contributed by atoms with Gasteiger partial charge < -0.3 is 9.84 Å². The molecule has 3 heteroatoms. The Labute approximate surface area is 78.4 Å². The first-order valence-corrected chi connectivity index (χ1v) is 4.14. The standard InChI is InChI=1S/C10H14O3/c1-13-9-5-3-7-10(12)6-2-4-8-11/h5,9,11H,2,4,6,8H2,1H3/b9-5+. The third kappa shape index (κ3) is 8.64. The monoisotopic (exact) mass is 182 g/mol. The topological polar surface area (TPSA) is 46.5 Å². The Morgan fingerprint density at radius 2 is 2.31 bits per heavy atom. The van der Waals surface area contributed by atoms with Crippen molar-refractivity contribution in [2.24, 2.45) is 0 Å². The Hall–Kier alpha value is -1.27. The molecule has 0 aromatic heterocycles.